The van der Waals surface area contributed by atoms with Crippen LogP contribution in [0.2, 0.25) is 0 Å². The minimum atomic E-state index is -0.771. The van der Waals surface area contributed by atoms with Crippen LogP contribution in [0.1, 0.15) is 11.3 Å². The summed E-state index contributed by atoms with van der Waals surface area (Å²) in [5, 5.41) is 33.8. The Balaban J connectivity index is 1.87. The normalized spacial score (nSPS) is 10.9. The third-order valence-electron chi connectivity index (χ3n) is 4.62. The SMILES string of the molecule is COc1cc([N+](=O)[O-])ccc1-c1ccc(/C=C(\C#N)C(=O)Nc2cc([N+](=O)[O-])ccc2C)o1. The van der Waals surface area contributed by atoms with Gasteiger partial charge >= 0.3 is 0 Å². The van der Waals surface area contributed by atoms with Gasteiger partial charge in [-0.2, -0.15) is 5.26 Å². The van der Waals surface area contributed by atoms with Crippen LogP contribution in [-0.4, -0.2) is 22.9 Å². The number of nitrogens with one attached hydrogen (secondary N) is 1. The Hall–Kier alpha value is -4.98. The highest BCUT2D eigenvalue weighted by molar-refractivity contribution is 6.09. The van der Waals surface area contributed by atoms with Gasteiger partial charge in [0.15, 0.2) is 0 Å². The average Bonchev–Trinajstić information content (AvgIpc) is 3.26. The molecule has 0 fully saturated rings. The summed E-state index contributed by atoms with van der Waals surface area (Å²) < 4.78 is 10.9. The Bertz CT molecular complexity index is 1330. The average molecular weight is 448 g/mol. The summed E-state index contributed by atoms with van der Waals surface area (Å²) in [5.41, 5.74) is 0.576. The zero-order valence-electron chi connectivity index (χ0n) is 17.4. The van der Waals surface area contributed by atoms with Crippen molar-refractivity contribution in [3.8, 4) is 23.1 Å². The number of ether oxygens (including phenoxy) is 1. The van der Waals surface area contributed by atoms with Gasteiger partial charge in [0.1, 0.15) is 28.9 Å². The predicted molar refractivity (Wildman–Crippen MR) is 117 cm³/mol. The Morgan fingerprint density at radius 1 is 1.09 bits per heavy atom. The molecular weight excluding hydrogens is 432 g/mol. The number of anilines is 1. The van der Waals surface area contributed by atoms with E-state index >= 15 is 0 Å². The van der Waals surface area contributed by atoms with E-state index in [2.05, 4.69) is 5.32 Å². The molecule has 0 saturated carbocycles. The number of hydrogen-bond acceptors (Lipinski definition) is 8. The summed E-state index contributed by atoms with van der Waals surface area (Å²) in [6, 6.07) is 12.9. The first-order valence-corrected chi connectivity index (χ1v) is 9.34. The number of nitro benzene ring substituents is 2. The van der Waals surface area contributed by atoms with E-state index in [0.717, 1.165) is 0 Å². The zero-order chi connectivity index (χ0) is 24.1. The lowest BCUT2D eigenvalue weighted by Crippen LogP contribution is -2.14. The number of nitrogens with zero attached hydrogens (tertiary/aromatic N) is 3. The molecule has 166 valence electrons. The number of hydrogen-bond donors (Lipinski definition) is 1. The fourth-order valence-electron chi connectivity index (χ4n) is 2.91. The van der Waals surface area contributed by atoms with Crippen LogP contribution in [0.4, 0.5) is 17.1 Å². The molecule has 0 aliphatic carbocycles. The third-order valence-corrected chi connectivity index (χ3v) is 4.62. The number of furan rings is 1. The van der Waals surface area contributed by atoms with Gasteiger partial charge in [-0.3, -0.25) is 25.0 Å². The van der Waals surface area contributed by atoms with Crippen molar-refractivity contribution in [1.29, 1.82) is 5.26 Å². The molecule has 0 aliphatic heterocycles. The van der Waals surface area contributed by atoms with E-state index in [1.54, 1.807) is 19.1 Å². The topological polar surface area (TPSA) is 162 Å². The summed E-state index contributed by atoms with van der Waals surface area (Å²) in [6.45, 7) is 1.66. The number of rotatable bonds is 7. The smallest absolute Gasteiger partial charge is 0.273 e. The molecule has 2 aromatic carbocycles. The van der Waals surface area contributed by atoms with Crippen molar-refractivity contribution in [3.05, 3.63) is 85.7 Å². The van der Waals surface area contributed by atoms with Gasteiger partial charge in [0.05, 0.1) is 34.3 Å². The molecule has 1 N–H and O–H groups in total. The van der Waals surface area contributed by atoms with Crippen LogP contribution < -0.4 is 10.1 Å². The second-order valence-corrected chi connectivity index (χ2v) is 6.72. The number of non-ortho nitro benzene ring substituents is 2. The van der Waals surface area contributed by atoms with Crippen molar-refractivity contribution in [2.45, 2.75) is 6.92 Å². The number of nitro groups is 2. The largest absolute Gasteiger partial charge is 0.496 e. The summed E-state index contributed by atoms with van der Waals surface area (Å²) in [5.74, 6) is -0.0754. The molecular formula is C22H16N4O7. The first kappa shape index (κ1) is 22.7. The highest BCUT2D eigenvalue weighted by Gasteiger charge is 2.17. The molecule has 11 heteroatoms. The second kappa shape index (κ2) is 9.44. The van der Waals surface area contributed by atoms with Crippen LogP contribution in [0.15, 0.2) is 58.5 Å². The number of methoxy groups -OCH3 is 1. The standard InChI is InChI=1S/C22H16N4O7/c1-13-3-4-15(25(28)29)10-19(13)24-22(27)14(12-23)9-17-6-8-20(33-17)18-7-5-16(26(30)31)11-21(18)32-2/h3-11H,1-2H3,(H,24,27)/b14-9+. The highest BCUT2D eigenvalue weighted by Crippen LogP contribution is 2.34. The van der Waals surface area contributed by atoms with Gasteiger partial charge in [0, 0.05) is 24.3 Å². The molecule has 3 aromatic rings. The molecule has 1 heterocycles. The number of nitriles is 1. The van der Waals surface area contributed by atoms with E-state index in [0.29, 0.717) is 16.9 Å². The van der Waals surface area contributed by atoms with Crippen molar-refractivity contribution < 1.29 is 23.8 Å². The lowest BCUT2D eigenvalue weighted by molar-refractivity contribution is -0.385. The monoisotopic (exact) mass is 448 g/mol. The van der Waals surface area contributed by atoms with Gasteiger partial charge in [-0.25, -0.2) is 0 Å². The molecule has 11 nitrogen and oxygen atoms in total. The van der Waals surface area contributed by atoms with E-state index in [1.807, 2.05) is 0 Å². The van der Waals surface area contributed by atoms with Gasteiger partial charge < -0.3 is 14.5 Å². The molecule has 0 unspecified atom stereocenters. The minimum Gasteiger partial charge on any atom is -0.496 e. The van der Waals surface area contributed by atoms with Gasteiger partial charge in [-0.05, 0) is 30.7 Å². The number of aryl methyl sites for hydroxylation is 1. The van der Waals surface area contributed by atoms with E-state index < -0.39 is 15.8 Å². The molecule has 0 atom stereocenters. The van der Waals surface area contributed by atoms with Crippen LogP contribution in [0.5, 0.6) is 5.75 Å². The Morgan fingerprint density at radius 2 is 1.76 bits per heavy atom. The maximum Gasteiger partial charge on any atom is 0.273 e. The zero-order valence-corrected chi connectivity index (χ0v) is 17.4. The maximum absolute atomic E-state index is 12.6. The quantitative estimate of drug-likeness (QED) is 0.237. The second-order valence-electron chi connectivity index (χ2n) is 6.72. The van der Waals surface area contributed by atoms with Gasteiger partial charge in [-0.15, -0.1) is 0 Å². The van der Waals surface area contributed by atoms with E-state index in [-0.39, 0.29) is 34.1 Å². The predicted octanol–water partition coefficient (Wildman–Crippen LogP) is 4.63. The van der Waals surface area contributed by atoms with Crippen molar-refractivity contribution in [2.75, 3.05) is 12.4 Å². The van der Waals surface area contributed by atoms with E-state index in [4.69, 9.17) is 9.15 Å². The molecule has 1 amide bonds. The molecule has 0 aliphatic rings. The molecule has 0 bridgehead atoms. The molecule has 0 radical (unpaired) electrons. The summed E-state index contributed by atoms with van der Waals surface area (Å²) in [4.78, 5) is 33.4. The van der Waals surface area contributed by atoms with Crippen molar-refractivity contribution in [1.82, 2.24) is 0 Å². The van der Waals surface area contributed by atoms with Gasteiger partial charge in [0.2, 0.25) is 0 Å². The molecule has 3 rings (SSSR count). The van der Waals surface area contributed by atoms with E-state index in [9.17, 15) is 30.3 Å². The fourth-order valence-corrected chi connectivity index (χ4v) is 2.91. The van der Waals surface area contributed by atoms with Crippen LogP contribution in [-0.2, 0) is 4.79 Å². The van der Waals surface area contributed by atoms with Crippen molar-refractivity contribution >= 4 is 29.0 Å². The Kier molecular flexibility index (Phi) is 6.49. The summed E-state index contributed by atoms with van der Waals surface area (Å²) >= 11 is 0. The lowest BCUT2D eigenvalue weighted by atomic mass is 10.1. The van der Waals surface area contributed by atoms with Crippen LogP contribution >= 0.6 is 0 Å². The number of amides is 1. The van der Waals surface area contributed by atoms with Gasteiger partial charge in [0.25, 0.3) is 17.3 Å². The summed E-state index contributed by atoms with van der Waals surface area (Å²) in [7, 11) is 1.36. The highest BCUT2D eigenvalue weighted by atomic mass is 16.6. The van der Waals surface area contributed by atoms with Crippen molar-refractivity contribution in [2.24, 2.45) is 0 Å². The third kappa shape index (κ3) is 5.02. The first-order valence-electron chi connectivity index (χ1n) is 9.34. The minimum absolute atomic E-state index is 0.151. The molecule has 33 heavy (non-hydrogen) atoms. The number of benzene rings is 2. The van der Waals surface area contributed by atoms with Gasteiger partial charge in [-0.1, -0.05) is 6.07 Å². The number of carbonyl (C=O) groups is 1. The molecule has 1 aromatic heterocycles. The molecule has 0 spiro atoms. The van der Waals surface area contributed by atoms with Crippen LogP contribution in [0.25, 0.3) is 17.4 Å². The Labute approximate surface area is 186 Å². The Morgan fingerprint density at radius 3 is 2.39 bits per heavy atom. The summed E-state index contributed by atoms with van der Waals surface area (Å²) in [6.07, 6.45) is 1.21. The number of carbonyl (C=O) groups excluding carboxylic acids is 1. The fraction of sp³-hybridized carbons (Fsp3) is 0.0909. The van der Waals surface area contributed by atoms with Crippen LogP contribution in [0, 0.1) is 38.5 Å². The van der Waals surface area contributed by atoms with E-state index in [1.165, 1.54) is 55.7 Å². The lowest BCUT2D eigenvalue weighted by Gasteiger charge is -2.07. The van der Waals surface area contributed by atoms with Crippen molar-refractivity contribution in [3.63, 3.8) is 0 Å². The molecule has 0 saturated heterocycles. The van der Waals surface area contributed by atoms with Crippen LogP contribution in [0.3, 0.4) is 0 Å². The first-order chi connectivity index (χ1) is 15.7. The maximum atomic E-state index is 12.6.